The van der Waals surface area contributed by atoms with E-state index in [9.17, 15) is 0 Å². The molecule has 0 N–H and O–H groups in total. The first kappa shape index (κ1) is 26.1. The minimum atomic E-state index is -0.128. The fourth-order valence-electron chi connectivity index (χ4n) is 1.46. The van der Waals surface area contributed by atoms with Gasteiger partial charge in [0.1, 0.15) is 0 Å². The van der Waals surface area contributed by atoms with Gasteiger partial charge in [-0.1, -0.05) is 13.8 Å². The zero-order valence-corrected chi connectivity index (χ0v) is 18.1. The molecule has 0 radical (unpaired) electrons. The van der Waals surface area contributed by atoms with E-state index in [1.807, 2.05) is 12.2 Å². The Bertz CT molecular complexity index is 412. The van der Waals surface area contributed by atoms with Crippen LogP contribution in [0.15, 0.2) is 35.5 Å². The average molecular weight is 407 g/mol. The van der Waals surface area contributed by atoms with Gasteiger partial charge in [0, 0.05) is 0 Å². The summed E-state index contributed by atoms with van der Waals surface area (Å²) < 4.78 is 3.34. The van der Waals surface area contributed by atoms with Crippen LogP contribution in [0.1, 0.15) is 54.4 Å². The number of hydrogen-bond acceptors (Lipinski definition) is 0. The van der Waals surface area contributed by atoms with Gasteiger partial charge >= 0.3 is 56.4 Å². The Morgan fingerprint density at radius 3 is 1.19 bits per heavy atom. The van der Waals surface area contributed by atoms with Crippen molar-refractivity contribution in [2.45, 2.75) is 54.4 Å². The van der Waals surface area contributed by atoms with E-state index in [2.05, 4.69) is 65.8 Å². The van der Waals surface area contributed by atoms with Crippen LogP contribution in [0.2, 0.25) is 0 Å². The Morgan fingerprint density at radius 1 is 0.810 bits per heavy atom. The van der Waals surface area contributed by atoms with Crippen molar-refractivity contribution in [1.29, 1.82) is 0 Å². The molecule has 0 aliphatic heterocycles. The number of hydrogen-bond donors (Lipinski definition) is 0. The zero-order valence-electron chi connectivity index (χ0n) is 14.0. The Hall–Kier alpha value is 0.163. The largest absolute Gasteiger partial charge is 0.147 e. The van der Waals surface area contributed by atoms with Crippen molar-refractivity contribution in [3.05, 3.63) is 47.6 Å². The molecule has 0 amide bonds. The SMILES string of the molecule is CC1=CC=[C-]C1.CC1=CC=[C-]C1.C[C](C)=[Zr]=[C](C)C.Cl.Cl. The van der Waals surface area contributed by atoms with E-state index >= 15 is 0 Å². The molecule has 2 rings (SSSR count). The summed E-state index contributed by atoms with van der Waals surface area (Å²) in [6.45, 7) is 13.2. The van der Waals surface area contributed by atoms with Gasteiger partial charge < -0.3 is 0 Å². The molecular formula is C18H28Cl2Zr-2. The van der Waals surface area contributed by atoms with Gasteiger partial charge in [-0.2, -0.15) is 11.1 Å². The Labute approximate surface area is 154 Å². The topological polar surface area (TPSA) is 0 Å². The first-order valence-electron chi connectivity index (χ1n) is 6.74. The summed E-state index contributed by atoms with van der Waals surface area (Å²) in [6, 6.07) is 0. The van der Waals surface area contributed by atoms with Crippen LogP contribution in [-0.4, -0.2) is 6.41 Å². The fourth-order valence-corrected chi connectivity index (χ4v) is 3.92. The van der Waals surface area contributed by atoms with Crippen LogP contribution in [0.3, 0.4) is 0 Å². The van der Waals surface area contributed by atoms with Gasteiger partial charge in [-0.05, 0) is 0 Å². The molecule has 0 saturated carbocycles. The first-order valence-corrected chi connectivity index (χ1v) is 9.19. The first-order chi connectivity index (χ1) is 8.91. The molecule has 2 aliphatic carbocycles. The third kappa shape index (κ3) is 20.2. The van der Waals surface area contributed by atoms with E-state index in [-0.39, 0.29) is 47.1 Å². The van der Waals surface area contributed by atoms with Gasteiger partial charge in [-0.15, -0.1) is 37.7 Å². The van der Waals surface area contributed by atoms with Gasteiger partial charge in [0.2, 0.25) is 0 Å². The second-order valence-corrected chi connectivity index (χ2v) is 10.8. The molecule has 21 heavy (non-hydrogen) atoms. The van der Waals surface area contributed by atoms with Crippen LogP contribution in [0, 0.1) is 12.2 Å². The molecule has 0 spiro atoms. The summed E-state index contributed by atoms with van der Waals surface area (Å²) in [5.74, 6) is 0. The minimum Gasteiger partial charge on any atom is -0.147 e. The molecule has 0 aromatic carbocycles. The van der Waals surface area contributed by atoms with E-state index in [1.165, 1.54) is 11.1 Å². The predicted octanol–water partition coefficient (Wildman–Crippen LogP) is 5.73. The minimum absolute atomic E-state index is 0. The third-order valence-electron chi connectivity index (χ3n) is 2.23. The third-order valence-corrected chi connectivity index (χ3v) is 4.69. The maximum Gasteiger partial charge on any atom is -0.147 e. The van der Waals surface area contributed by atoms with Gasteiger partial charge in [0.15, 0.2) is 0 Å². The van der Waals surface area contributed by atoms with E-state index < -0.39 is 0 Å². The normalized spacial score (nSPS) is 13.0. The molecule has 0 heterocycles. The monoisotopic (exact) mass is 404 g/mol. The van der Waals surface area contributed by atoms with E-state index in [4.69, 9.17) is 0 Å². The maximum absolute atomic E-state index is 3.05. The molecule has 0 atom stereocenters. The van der Waals surface area contributed by atoms with Crippen molar-refractivity contribution in [3.63, 3.8) is 0 Å². The summed E-state index contributed by atoms with van der Waals surface area (Å²) in [5.41, 5.74) is 2.82. The molecule has 0 fully saturated rings. The second-order valence-electron chi connectivity index (χ2n) is 5.25. The Kier molecular flexibility index (Phi) is 20.5. The average Bonchev–Trinajstić information content (AvgIpc) is 2.91. The summed E-state index contributed by atoms with van der Waals surface area (Å²) in [5, 5.41) is 0. The smallest absolute Gasteiger partial charge is 0.147 e. The summed E-state index contributed by atoms with van der Waals surface area (Å²) in [6.07, 6.45) is 16.3. The van der Waals surface area contributed by atoms with Crippen molar-refractivity contribution in [2.75, 3.05) is 0 Å². The van der Waals surface area contributed by atoms with E-state index in [0.29, 0.717) is 0 Å². The van der Waals surface area contributed by atoms with Crippen molar-refractivity contribution in [1.82, 2.24) is 0 Å². The molecule has 0 unspecified atom stereocenters. The molecule has 3 heteroatoms. The van der Waals surface area contributed by atoms with Gasteiger partial charge in [0.05, 0.1) is 0 Å². The Balaban J connectivity index is -0.000000221. The van der Waals surface area contributed by atoms with Crippen molar-refractivity contribution in [3.8, 4) is 0 Å². The van der Waals surface area contributed by atoms with Crippen molar-refractivity contribution >= 4 is 31.2 Å². The van der Waals surface area contributed by atoms with Crippen LogP contribution in [0.4, 0.5) is 0 Å². The van der Waals surface area contributed by atoms with Gasteiger partial charge in [0.25, 0.3) is 0 Å². The summed E-state index contributed by atoms with van der Waals surface area (Å²) in [4.78, 5) is 0. The standard InChI is InChI=1S/2C6H7.2C3H6.2ClH.Zr/c2*1-6-4-2-3-5-6;2*1-3-2;;;/h2*2,4H,5H2,1H3;2*1-2H3;2*1H;/q2*-1;;;;;. The molecule has 120 valence electrons. The summed E-state index contributed by atoms with van der Waals surface area (Å²) in [7, 11) is 0. The molecule has 2 aliphatic rings. The molecule has 0 bridgehead atoms. The van der Waals surface area contributed by atoms with Crippen molar-refractivity contribution < 1.29 is 22.3 Å². The van der Waals surface area contributed by atoms with Crippen LogP contribution in [0.25, 0.3) is 0 Å². The quantitative estimate of drug-likeness (QED) is 0.451. The van der Waals surface area contributed by atoms with E-state index in [1.54, 1.807) is 6.41 Å². The maximum atomic E-state index is 3.05. The van der Waals surface area contributed by atoms with Gasteiger partial charge in [-0.3, -0.25) is 12.2 Å². The molecular weight excluding hydrogens is 378 g/mol. The van der Waals surface area contributed by atoms with Crippen LogP contribution in [0.5, 0.6) is 0 Å². The van der Waals surface area contributed by atoms with E-state index in [0.717, 1.165) is 12.8 Å². The molecule has 0 aromatic heterocycles. The van der Waals surface area contributed by atoms with Gasteiger partial charge in [-0.25, -0.2) is 24.3 Å². The fraction of sp³-hybridized carbons (Fsp3) is 0.444. The molecule has 0 nitrogen and oxygen atoms in total. The zero-order chi connectivity index (χ0) is 14.7. The van der Waals surface area contributed by atoms with Crippen LogP contribution < -0.4 is 0 Å². The van der Waals surface area contributed by atoms with Crippen LogP contribution in [-0.2, 0) is 22.3 Å². The Morgan fingerprint density at radius 2 is 1.14 bits per heavy atom. The molecule has 0 saturated heterocycles. The molecule has 0 aromatic rings. The van der Waals surface area contributed by atoms with Crippen LogP contribution >= 0.6 is 24.8 Å². The number of rotatable bonds is 0. The number of halogens is 2. The summed E-state index contributed by atoms with van der Waals surface area (Å²) >= 11 is -0.128. The second kappa shape index (κ2) is 16.5. The number of allylic oxidation sites excluding steroid dienone is 8. The van der Waals surface area contributed by atoms with Crippen molar-refractivity contribution in [2.24, 2.45) is 0 Å². The predicted molar refractivity (Wildman–Crippen MR) is 99.6 cm³/mol.